The molecular formula is C13H21N3O3S. The van der Waals surface area contributed by atoms with E-state index in [-0.39, 0.29) is 10.8 Å². The lowest BCUT2D eigenvalue weighted by Gasteiger charge is -2.10. The summed E-state index contributed by atoms with van der Waals surface area (Å²) in [7, 11) is 1.84. The van der Waals surface area contributed by atoms with Crippen LogP contribution in [0.25, 0.3) is 0 Å². The van der Waals surface area contributed by atoms with Gasteiger partial charge >= 0.3 is 0 Å². The van der Waals surface area contributed by atoms with E-state index in [1.165, 1.54) is 31.3 Å². The predicted octanol–water partition coefficient (Wildman–Crippen LogP) is 0.276. The smallest absolute Gasteiger partial charge is 0.251 e. The number of amides is 1. The Labute approximate surface area is 120 Å². The lowest BCUT2D eigenvalue weighted by molar-refractivity contribution is 0.0952. The third-order valence-corrected chi connectivity index (χ3v) is 4.19. The van der Waals surface area contributed by atoms with Crippen LogP contribution in [0.3, 0.4) is 0 Å². The molecule has 0 bridgehead atoms. The molecule has 2 N–H and O–H groups in total. The van der Waals surface area contributed by atoms with Gasteiger partial charge in [-0.2, -0.15) is 0 Å². The maximum atomic E-state index is 11.8. The number of rotatable bonds is 7. The third kappa shape index (κ3) is 4.92. The molecule has 0 radical (unpaired) electrons. The van der Waals surface area contributed by atoms with Gasteiger partial charge in [0.15, 0.2) is 0 Å². The zero-order valence-electron chi connectivity index (χ0n) is 12.0. The van der Waals surface area contributed by atoms with Crippen molar-refractivity contribution in [2.24, 2.45) is 0 Å². The van der Waals surface area contributed by atoms with Crippen LogP contribution in [-0.4, -0.2) is 53.5 Å². The molecule has 0 aliphatic rings. The molecule has 0 aliphatic heterocycles. The second-order valence-corrected chi connectivity index (χ2v) is 6.53. The summed E-state index contributed by atoms with van der Waals surface area (Å²) in [5.74, 6) is -0.197. The Morgan fingerprint density at radius 1 is 1.20 bits per heavy atom. The van der Waals surface area contributed by atoms with Gasteiger partial charge in [-0.3, -0.25) is 4.79 Å². The maximum Gasteiger partial charge on any atom is 0.251 e. The zero-order valence-corrected chi connectivity index (χ0v) is 12.8. The predicted molar refractivity (Wildman–Crippen MR) is 78.2 cm³/mol. The van der Waals surface area contributed by atoms with E-state index < -0.39 is 10.0 Å². The van der Waals surface area contributed by atoms with Crippen LogP contribution >= 0.6 is 0 Å². The van der Waals surface area contributed by atoms with Crippen molar-refractivity contribution in [2.45, 2.75) is 11.3 Å². The van der Waals surface area contributed by atoms with Gasteiger partial charge in [-0.05, 0) is 58.4 Å². The van der Waals surface area contributed by atoms with Gasteiger partial charge in [0.05, 0.1) is 4.90 Å². The van der Waals surface area contributed by atoms with Gasteiger partial charge in [0, 0.05) is 12.1 Å². The maximum absolute atomic E-state index is 11.8. The van der Waals surface area contributed by atoms with E-state index in [1.807, 2.05) is 19.0 Å². The molecule has 0 spiro atoms. The van der Waals surface area contributed by atoms with Crippen molar-refractivity contribution in [3.05, 3.63) is 29.8 Å². The van der Waals surface area contributed by atoms with Crippen LogP contribution in [0.1, 0.15) is 16.8 Å². The van der Waals surface area contributed by atoms with Crippen molar-refractivity contribution in [3.8, 4) is 0 Å². The van der Waals surface area contributed by atoms with Crippen molar-refractivity contribution in [1.82, 2.24) is 14.9 Å². The number of carbonyl (C=O) groups excluding carboxylic acids is 1. The first kappa shape index (κ1) is 16.6. The second-order valence-electron chi connectivity index (χ2n) is 4.64. The second kappa shape index (κ2) is 7.37. The molecule has 0 unspecified atom stereocenters. The molecule has 112 valence electrons. The van der Waals surface area contributed by atoms with Gasteiger partial charge in [-0.15, -0.1) is 0 Å². The van der Waals surface area contributed by atoms with Crippen molar-refractivity contribution in [2.75, 3.05) is 34.2 Å². The Balaban J connectivity index is 2.58. The fourth-order valence-electron chi connectivity index (χ4n) is 1.60. The van der Waals surface area contributed by atoms with Crippen molar-refractivity contribution in [3.63, 3.8) is 0 Å². The molecule has 7 heteroatoms. The molecular weight excluding hydrogens is 278 g/mol. The number of hydrogen-bond acceptors (Lipinski definition) is 4. The highest BCUT2D eigenvalue weighted by Crippen LogP contribution is 2.09. The zero-order chi connectivity index (χ0) is 15.2. The first-order valence-corrected chi connectivity index (χ1v) is 7.81. The van der Waals surface area contributed by atoms with Crippen LogP contribution in [0.5, 0.6) is 0 Å². The van der Waals surface area contributed by atoms with Gasteiger partial charge in [-0.1, -0.05) is 0 Å². The number of carbonyl (C=O) groups is 1. The fraction of sp³-hybridized carbons (Fsp3) is 0.462. The van der Waals surface area contributed by atoms with E-state index in [9.17, 15) is 13.2 Å². The summed E-state index contributed by atoms with van der Waals surface area (Å²) in [5.41, 5.74) is 0.449. The normalized spacial score (nSPS) is 11.6. The third-order valence-electron chi connectivity index (χ3n) is 2.76. The minimum Gasteiger partial charge on any atom is -0.352 e. The molecule has 1 aromatic rings. The molecule has 0 aromatic heterocycles. The Hall–Kier alpha value is -1.44. The number of hydrogen-bond donors (Lipinski definition) is 2. The standard InChI is InChI=1S/C13H21N3O3S/c1-14-20(18,19)12-7-5-11(6-8-12)13(17)15-9-4-10-16(2)3/h5-8,14H,4,9-10H2,1-3H3,(H,15,17). The summed E-state index contributed by atoms with van der Waals surface area (Å²) < 4.78 is 25.3. The lowest BCUT2D eigenvalue weighted by Crippen LogP contribution is -2.27. The number of sulfonamides is 1. The first-order valence-electron chi connectivity index (χ1n) is 6.33. The number of nitrogens with one attached hydrogen (secondary N) is 2. The van der Waals surface area contributed by atoms with Crippen LogP contribution < -0.4 is 10.0 Å². The minimum absolute atomic E-state index is 0.143. The van der Waals surface area contributed by atoms with E-state index in [0.29, 0.717) is 12.1 Å². The quantitative estimate of drug-likeness (QED) is 0.709. The topological polar surface area (TPSA) is 78.5 Å². The van der Waals surface area contributed by atoms with E-state index in [1.54, 1.807) is 0 Å². The number of nitrogens with zero attached hydrogens (tertiary/aromatic N) is 1. The largest absolute Gasteiger partial charge is 0.352 e. The Morgan fingerprint density at radius 2 is 1.80 bits per heavy atom. The van der Waals surface area contributed by atoms with E-state index in [0.717, 1.165) is 13.0 Å². The Bertz CT molecular complexity index is 538. The summed E-state index contributed by atoms with van der Waals surface area (Å²) in [5, 5.41) is 2.80. The van der Waals surface area contributed by atoms with Crippen LogP contribution in [0.4, 0.5) is 0 Å². The average Bonchev–Trinajstić information content (AvgIpc) is 2.43. The highest BCUT2D eigenvalue weighted by molar-refractivity contribution is 7.89. The average molecular weight is 299 g/mol. The van der Waals surface area contributed by atoms with E-state index in [2.05, 4.69) is 10.0 Å². The Kier molecular flexibility index (Phi) is 6.12. The molecule has 0 saturated heterocycles. The first-order chi connectivity index (χ1) is 9.36. The van der Waals surface area contributed by atoms with Crippen LogP contribution in [0, 0.1) is 0 Å². The molecule has 1 amide bonds. The van der Waals surface area contributed by atoms with E-state index in [4.69, 9.17) is 0 Å². The number of benzene rings is 1. The molecule has 1 aromatic carbocycles. The summed E-state index contributed by atoms with van der Waals surface area (Å²) in [6.07, 6.45) is 0.866. The summed E-state index contributed by atoms with van der Waals surface area (Å²) in [6.45, 7) is 1.49. The van der Waals surface area contributed by atoms with Crippen molar-refractivity contribution in [1.29, 1.82) is 0 Å². The van der Waals surface area contributed by atoms with Gasteiger partial charge in [0.2, 0.25) is 10.0 Å². The van der Waals surface area contributed by atoms with E-state index >= 15 is 0 Å². The SMILES string of the molecule is CNS(=O)(=O)c1ccc(C(=O)NCCCN(C)C)cc1. The highest BCUT2D eigenvalue weighted by atomic mass is 32.2. The molecule has 0 aliphatic carbocycles. The summed E-state index contributed by atoms with van der Waals surface area (Å²) in [6, 6.07) is 5.85. The molecule has 1 rings (SSSR count). The summed E-state index contributed by atoms with van der Waals surface area (Å²) in [4.78, 5) is 14.0. The Morgan fingerprint density at radius 3 is 2.30 bits per heavy atom. The van der Waals surface area contributed by atoms with Crippen molar-refractivity contribution < 1.29 is 13.2 Å². The molecule has 0 atom stereocenters. The van der Waals surface area contributed by atoms with Gasteiger partial charge < -0.3 is 10.2 Å². The fourth-order valence-corrected chi connectivity index (χ4v) is 2.33. The molecule has 0 saturated carbocycles. The minimum atomic E-state index is -3.46. The van der Waals surface area contributed by atoms with Crippen LogP contribution in [-0.2, 0) is 10.0 Å². The molecule has 0 heterocycles. The summed E-state index contributed by atoms with van der Waals surface area (Å²) >= 11 is 0. The van der Waals surface area contributed by atoms with Gasteiger partial charge in [0.25, 0.3) is 5.91 Å². The van der Waals surface area contributed by atoms with Crippen LogP contribution in [0.2, 0.25) is 0 Å². The van der Waals surface area contributed by atoms with Gasteiger partial charge in [-0.25, -0.2) is 13.1 Å². The molecule has 0 fully saturated rings. The monoisotopic (exact) mass is 299 g/mol. The highest BCUT2D eigenvalue weighted by Gasteiger charge is 2.12. The van der Waals surface area contributed by atoms with Crippen LogP contribution in [0.15, 0.2) is 29.2 Å². The van der Waals surface area contributed by atoms with Crippen molar-refractivity contribution >= 4 is 15.9 Å². The van der Waals surface area contributed by atoms with Gasteiger partial charge in [0.1, 0.15) is 0 Å². The lowest BCUT2D eigenvalue weighted by atomic mass is 10.2. The molecule has 20 heavy (non-hydrogen) atoms. The molecule has 6 nitrogen and oxygen atoms in total.